The summed E-state index contributed by atoms with van der Waals surface area (Å²) in [4.78, 5) is 24.8. The molecule has 0 saturated heterocycles. The average molecular weight is 332 g/mol. The zero-order valence-corrected chi connectivity index (χ0v) is 14.5. The maximum absolute atomic E-state index is 12.7. The van der Waals surface area contributed by atoms with Crippen molar-refractivity contribution in [3.05, 3.63) is 33.7 Å². The molecule has 0 aliphatic heterocycles. The molecular formula is C16H20N4O2S. The van der Waals surface area contributed by atoms with Gasteiger partial charge < -0.3 is 5.32 Å². The van der Waals surface area contributed by atoms with Crippen LogP contribution < -0.4 is 10.9 Å². The summed E-state index contributed by atoms with van der Waals surface area (Å²) in [6.07, 6.45) is 0.678. The molecule has 0 unspecified atom stereocenters. The lowest BCUT2D eigenvalue weighted by Crippen LogP contribution is -2.44. The van der Waals surface area contributed by atoms with Crippen LogP contribution in [0.2, 0.25) is 0 Å². The minimum atomic E-state index is -0.337. The number of amides is 1. The third-order valence-electron chi connectivity index (χ3n) is 3.49. The van der Waals surface area contributed by atoms with E-state index >= 15 is 0 Å². The molecule has 7 heteroatoms. The van der Waals surface area contributed by atoms with Gasteiger partial charge in [-0.25, -0.2) is 4.68 Å². The van der Waals surface area contributed by atoms with Gasteiger partial charge in [0, 0.05) is 12.0 Å². The molecule has 122 valence electrons. The summed E-state index contributed by atoms with van der Waals surface area (Å²) in [6.45, 7) is 7.64. The highest BCUT2D eigenvalue weighted by atomic mass is 32.1. The molecule has 3 aromatic rings. The van der Waals surface area contributed by atoms with Crippen LogP contribution in [-0.2, 0) is 17.8 Å². The first-order valence-corrected chi connectivity index (χ1v) is 8.48. The smallest absolute Gasteiger partial charge is 0.291 e. The normalized spacial score (nSPS) is 12.2. The van der Waals surface area contributed by atoms with E-state index in [1.165, 1.54) is 4.68 Å². The number of carbonyl (C=O) groups is 1. The molecule has 0 aromatic carbocycles. The van der Waals surface area contributed by atoms with Gasteiger partial charge in [0.1, 0.15) is 17.9 Å². The fourth-order valence-electron chi connectivity index (χ4n) is 2.65. The minimum Gasteiger partial charge on any atom is -0.350 e. The summed E-state index contributed by atoms with van der Waals surface area (Å²) < 4.78 is 4.21. The van der Waals surface area contributed by atoms with Gasteiger partial charge in [-0.15, -0.1) is 11.3 Å². The van der Waals surface area contributed by atoms with Crippen molar-refractivity contribution in [1.29, 1.82) is 0 Å². The number of aromatic nitrogens is 3. The topological polar surface area (TPSA) is 68.4 Å². The first kappa shape index (κ1) is 15.7. The molecule has 0 fully saturated rings. The lowest BCUT2D eigenvalue weighted by atomic mass is 10.1. The molecule has 0 spiro atoms. The number of nitrogens with zero attached hydrogens (tertiary/aromatic N) is 3. The van der Waals surface area contributed by atoms with Crippen LogP contribution in [-0.4, -0.2) is 25.6 Å². The number of fused-ring (bicyclic) bond motifs is 3. The van der Waals surface area contributed by atoms with Crippen LogP contribution in [0, 0.1) is 0 Å². The van der Waals surface area contributed by atoms with Crippen LogP contribution in [0.5, 0.6) is 0 Å². The molecule has 6 nitrogen and oxygen atoms in total. The first-order valence-electron chi connectivity index (χ1n) is 7.60. The van der Waals surface area contributed by atoms with Gasteiger partial charge >= 0.3 is 0 Å². The van der Waals surface area contributed by atoms with Crippen molar-refractivity contribution < 1.29 is 4.79 Å². The van der Waals surface area contributed by atoms with Crippen LogP contribution in [0.15, 0.2) is 22.3 Å². The van der Waals surface area contributed by atoms with E-state index in [0.717, 1.165) is 16.0 Å². The van der Waals surface area contributed by atoms with Gasteiger partial charge in [0.15, 0.2) is 0 Å². The van der Waals surface area contributed by atoms with E-state index in [0.29, 0.717) is 11.9 Å². The van der Waals surface area contributed by atoms with Crippen molar-refractivity contribution in [2.75, 3.05) is 0 Å². The number of hydrogen-bond donors (Lipinski definition) is 1. The summed E-state index contributed by atoms with van der Waals surface area (Å²) in [5, 5.41) is 9.26. The standard InChI is InChI=1S/C16H20N4O2S/c1-5-13-18-19(9-14(21)17-16(2,3)4)15(22)11-8-12-10(20(11)13)6-7-23-12/h6-8H,5,9H2,1-4H3,(H,17,21). The number of hydrogen-bond acceptors (Lipinski definition) is 4. The lowest BCUT2D eigenvalue weighted by Gasteiger charge is -2.20. The van der Waals surface area contributed by atoms with Crippen molar-refractivity contribution >= 4 is 33.0 Å². The largest absolute Gasteiger partial charge is 0.350 e. The number of carbonyl (C=O) groups excluding carboxylic acids is 1. The van der Waals surface area contributed by atoms with Crippen LogP contribution in [0.4, 0.5) is 0 Å². The van der Waals surface area contributed by atoms with Gasteiger partial charge in [0.05, 0.1) is 10.2 Å². The van der Waals surface area contributed by atoms with E-state index in [4.69, 9.17) is 0 Å². The van der Waals surface area contributed by atoms with E-state index in [1.54, 1.807) is 11.3 Å². The van der Waals surface area contributed by atoms with E-state index in [2.05, 4.69) is 10.4 Å². The van der Waals surface area contributed by atoms with Crippen molar-refractivity contribution in [2.24, 2.45) is 0 Å². The molecule has 1 N–H and O–H groups in total. The third kappa shape index (κ3) is 2.88. The Morgan fingerprint density at radius 3 is 2.74 bits per heavy atom. The predicted octanol–water partition coefficient (Wildman–Crippen LogP) is 2.19. The second kappa shape index (κ2) is 5.49. The molecule has 23 heavy (non-hydrogen) atoms. The van der Waals surface area contributed by atoms with Crippen LogP contribution in [0.1, 0.15) is 33.5 Å². The Morgan fingerprint density at radius 1 is 1.35 bits per heavy atom. The molecule has 1 amide bonds. The van der Waals surface area contributed by atoms with Crippen molar-refractivity contribution in [3.63, 3.8) is 0 Å². The fraction of sp³-hybridized carbons (Fsp3) is 0.438. The zero-order valence-electron chi connectivity index (χ0n) is 13.7. The number of thiophene rings is 1. The Hall–Kier alpha value is -2.15. The predicted molar refractivity (Wildman–Crippen MR) is 92.1 cm³/mol. The van der Waals surface area contributed by atoms with Gasteiger partial charge in [0.25, 0.3) is 5.56 Å². The quantitative estimate of drug-likeness (QED) is 0.799. The number of aryl methyl sites for hydroxylation is 1. The highest BCUT2D eigenvalue weighted by Crippen LogP contribution is 2.24. The molecule has 0 bridgehead atoms. The van der Waals surface area contributed by atoms with Gasteiger partial charge in [0.2, 0.25) is 5.91 Å². The maximum Gasteiger partial charge on any atom is 0.291 e. The Bertz CT molecular complexity index is 943. The minimum absolute atomic E-state index is 0.0710. The summed E-state index contributed by atoms with van der Waals surface area (Å²) in [7, 11) is 0. The second-order valence-corrected chi connectivity index (χ2v) is 7.51. The Labute approximate surface area is 137 Å². The van der Waals surface area contributed by atoms with Gasteiger partial charge in [-0.3, -0.25) is 14.0 Å². The van der Waals surface area contributed by atoms with E-state index in [9.17, 15) is 9.59 Å². The Morgan fingerprint density at radius 2 is 2.09 bits per heavy atom. The fourth-order valence-corrected chi connectivity index (χ4v) is 3.46. The number of rotatable bonds is 3. The molecule has 0 aliphatic rings. The monoisotopic (exact) mass is 332 g/mol. The molecule has 0 radical (unpaired) electrons. The molecule has 3 aromatic heterocycles. The molecule has 0 saturated carbocycles. The highest BCUT2D eigenvalue weighted by Gasteiger charge is 2.18. The molecule has 0 atom stereocenters. The summed E-state index contributed by atoms with van der Waals surface area (Å²) in [5.74, 6) is 0.559. The zero-order chi connectivity index (χ0) is 16.8. The van der Waals surface area contributed by atoms with E-state index in [1.807, 2.05) is 49.6 Å². The van der Waals surface area contributed by atoms with Crippen molar-refractivity contribution in [1.82, 2.24) is 19.5 Å². The SMILES string of the molecule is CCc1nn(CC(=O)NC(C)(C)C)c(=O)c2cc3sccc3n12. The first-order chi connectivity index (χ1) is 10.8. The van der Waals surface area contributed by atoms with Gasteiger partial charge in [-0.1, -0.05) is 6.92 Å². The maximum atomic E-state index is 12.7. The van der Waals surface area contributed by atoms with Crippen molar-refractivity contribution in [3.8, 4) is 0 Å². The van der Waals surface area contributed by atoms with Crippen molar-refractivity contribution in [2.45, 2.75) is 46.2 Å². The van der Waals surface area contributed by atoms with Crippen LogP contribution in [0.25, 0.3) is 15.7 Å². The Kier molecular flexibility index (Phi) is 3.75. The van der Waals surface area contributed by atoms with Crippen LogP contribution >= 0.6 is 11.3 Å². The summed E-state index contributed by atoms with van der Waals surface area (Å²) in [5.41, 5.74) is 0.991. The second-order valence-electron chi connectivity index (χ2n) is 6.57. The van der Waals surface area contributed by atoms with Gasteiger partial charge in [-0.2, -0.15) is 5.10 Å². The molecular weight excluding hydrogens is 312 g/mol. The third-order valence-corrected chi connectivity index (χ3v) is 4.35. The summed E-state index contributed by atoms with van der Waals surface area (Å²) >= 11 is 1.59. The van der Waals surface area contributed by atoms with E-state index < -0.39 is 0 Å². The molecule has 0 aliphatic carbocycles. The molecule has 3 heterocycles. The Balaban J connectivity index is 2.10. The van der Waals surface area contributed by atoms with Crippen LogP contribution in [0.3, 0.4) is 0 Å². The van der Waals surface area contributed by atoms with Gasteiger partial charge in [-0.05, 0) is 38.3 Å². The highest BCUT2D eigenvalue weighted by molar-refractivity contribution is 7.17. The van der Waals surface area contributed by atoms with E-state index in [-0.39, 0.29) is 23.6 Å². The summed E-state index contributed by atoms with van der Waals surface area (Å²) in [6, 6.07) is 3.87. The lowest BCUT2D eigenvalue weighted by molar-refractivity contribution is -0.123. The molecule has 3 rings (SSSR count). The average Bonchev–Trinajstić information content (AvgIpc) is 3.00. The number of nitrogens with one attached hydrogen (secondary N) is 1.